The van der Waals surface area contributed by atoms with Crippen molar-refractivity contribution < 1.29 is 0 Å². The standard InChI is InChI=1S/C24H22/c1-17-11-7-9-15-22(17)24(20-12-5-4-6-13-20)19(3)18(2)21-14-8-10-16-23(21)24/h4-10,12-17H,2-3,11H2,1H3. The van der Waals surface area contributed by atoms with Gasteiger partial charge in [-0.05, 0) is 45.7 Å². The van der Waals surface area contributed by atoms with Crippen LogP contribution in [0.1, 0.15) is 30.0 Å². The van der Waals surface area contributed by atoms with E-state index in [9.17, 15) is 0 Å². The Hall–Kier alpha value is -2.60. The summed E-state index contributed by atoms with van der Waals surface area (Å²) >= 11 is 0. The summed E-state index contributed by atoms with van der Waals surface area (Å²) in [7, 11) is 0. The number of fused-ring (bicyclic) bond motifs is 1. The molecule has 2 aromatic rings. The Kier molecular flexibility index (Phi) is 3.42. The molecule has 24 heavy (non-hydrogen) atoms. The van der Waals surface area contributed by atoms with Gasteiger partial charge >= 0.3 is 0 Å². The molecular weight excluding hydrogens is 288 g/mol. The van der Waals surface area contributed by atoms with Gasteiger partial charge in [0.25, 0.3) is 0 Å². The summed E-state index contributed by atoms with van der Waals surface area (Å²) in [6, 6.07) is 19.4. The summed E-state index contributed by atoms with van der Waals surface area (Å²) in [6.07, 6.45) is 7.81. The monoisotopic (exact) mass is 310 g/mol. The Balaban J connectivity index is 2.11. The van der Waals surface area contributed by atoms with E-state index >= 15 is 0 Å². The Labute approximate surface area is 144 Å². The molecule has 0 nitrogen and oxygen atoms in total. The summed E-state index contributed by atoms with van der Waals surface area (Å²) in [6.45, 7) is 11.2. The maximum Gasteiger partial charge on any atom is 0.0673 e. The lowest BCUT2D eigenvalue weighted by Crippen LogP contribution is -2.32. The van der Waals surface area contributed by atoms with E-state index in [1.165, 1.54) is 22.3 Å². The summed E-state index contributed by atoms with van der Waals surface area (Å²) in [5, 5.41) is 0. The van der Waals surface area contributed by atoms with Crippen molar-refractivity contribution in [3.05, 3.63) is 114 Å². The molecule has 118 valence electrons. The molecule has 2 unspecified atom stereocenters. The molecule has 0 heterocycles. The Morgan fingerprint density at radius 2 is 1.67 bits per heavy atom. The molecule has 0 fully saturated rings. The van der Waals surface area contributed by atoms with Gasteiger partial charge in [-0.15, -0.1) is 0 Å². The predicted molar refractivity (Wildman–Crippen MR) is 103 cm³/mol. The molecule has 0 saturated carbocycles. The fourth-order valence-electron chi connectivity index (χ4n) is 4.38. The zero-order valence-electron chi connectivity index (χ0n) is 14.1. The first-order chi connectivity index (χ1) is 11.7. The van der Waals surface area contributed by atoms with Crippen LogP contribution in [0.5, 0.6) is 0 Å². The molecule has 2 aliphatic carbocycles. The lowest BCUT2D eigenvalue weighted by molar-refractivity contribution is 0.577. The average molecular weight is 310 g/mol. The van der Waals surface area contributed by atoms with E-state index in [2.05, 4.69) is 92.9 Å². The summed E-state index contributed by atoms with van der Waals surface area (Å²) < 4.78 is 0. The van der Waals surface area contributed by atoms with E-state index in [0.717, 1.165) is 17.6 Å². The van der Waals surface area contributed by atoms with Gasteiger partial charge in [0.1, 0.15) is 0 Å². The molecule has 2 atom stereocenters. The van der Waals surface area contributed by atoms with Crippen LogP contribution < -0.4 is 0 Å². The zero-order valence-corrected chi connectivity index (χ0v) is 14.1. The predicted octanol–water partition coefficient (Wildman–Crippen LogP) is 6.08. The minimum Gasteiger partial charge on any atom is -0.0936 e. The highest BCUT2D eigenvalue weighted by Gasteiger charge is 2.48. The molecule has 0 bridgehead atoms. The molecule has 0 N–H and O–H groups in total. The van der Waals surface area contributed by atoms with Crippen LogP contribution in [-0.2, 0) is 5.41 Å². The van der Waals surface area contributed by atoms with Crippen LogP contribution in [0, 0.1) is 5.92 Å². The average Bonchev–Trinajstić information content (AvgIpc) is 2.86. The van der Waals surface area contributed by atoms with E-state index in [1.807, 2.05) is 0 Å². The number of rotatable bonds is 2. The van der Waals surface area contributed by atoms with Crippen molar-refractivity contribution in [1.29, 1.82) is 0 Å². The molecule has 0 aliphatic heterocycles. The lowest BCUT2D eigenvalue weighted by atomic mass is 9.63. The molecule has 0 spiro atoms. The van der Waals surface area contributed by atoms with Crippen LogP contribution in [0.15, 0.2) is 97.1 Å². The van der Waals surface area contributed by atoms with Gasteiger partial charge in [-0.3, -0.25) is 0 Å². The van der Waals surface area contributed by atoms with Crippen molar-refractivity contribution >= 4 is 5.57 Å². The van der Waals surface area contributed by atoms with E-state index in [0.29, 0.717) is 5.92 Å². The van der Waals surface area contributed by atoms with E-state index < -0.39 is 0 Å². The van der Waals surface area contributed by atoms with Crippen LogP contribution in [0.3, 0.4) is 0 Å². The van der Waals surface area contributed by atoms with Crippen molar-refractivity contribution in [1.82, 2.24) is 0 Å². The third kappa shape index (κ3) is 1.86. The van der Waals surface area contributed by atoms with Crippen LogP contribution in [0.2, 0.25) is 0 Å². The van der Waals surface area contributed by atoms with Crippen molar-refractivity contribution in [2.24, 2.45) is 5.92 Å². The zero-order chi connectivity index (χ0) is 16.7. The number of allylic oxidation sites excluding steroid dienone is 6. The van der Waals surface area contributed by atoms with Crippen molar-refractivity contribution in [2.75, 3.05) is 0 Å². The maximum atomic E-state index is 4.53. The van der Waals surface area contributed by atoms with Gasteiger partial charge in [-0.2, -0.15) is 0 Å². The summed E-state index contributed by atoms with van der Waals surface area (Å²) in [5.74, 6) is 0.478. The third-order valence-corrected chi connectivity index (χ3v) is 5.55. The Morgan fingerprint density at radius 3 is 2.42 bits per heavy atom. The lowest BCUT2D eigenvalue weighted by Gasteiger charge is -2.39. The summed E-state index contributed by atoms with van der Waals surface area (Å²) in [4.78, 5) is 0. The second kappa shape index (κ2) is 5.49. The first kappa shape index (κ1) is 15.0. The molecule has 0 amide bonds. The van der Waals surface area contributed by atoms with E-state index in [-0.39, 0.29) is 5.41 Å². The molecule has 0 heteroatoms. The van der Waals surface area contributed by atoms with E-state index in [4.69, 9.17) is 0 Å². The van der Waals surface area contributed by atoms with Crippen LogP contribution in [-0.4, -0.2) is 0 Å². The fraction of sp³-hybridized carbons (Fsp3) is 0.167. The van der Waals surface area contributed by atoms with Gasteiger partial charge in [0.05, 0.1) is 5.41 Å². The fourth-order valence-corrected chi connectivity index (χ4v) is 4.38. The van der Waals surface area contributed by atoms with Gasteiger partial charge in [0.2, 0.25) is 0 Å². The first-order valence-corrected chi connectivity index (χ1v) is 8.58. The van der Waals surface area contributed by atoms with Gasteiger partial charge in [0.15, 0.2) is 0 Å². The van der Waals surface area contributed by atoms with Gasteiger partial charge < -0.3 is 0 Å². The van der Waals surface area contributed by atoms with Crippen molar-refractivity contribution in [2.45, 2.75) is 18.8 Å². The minimum atomic E-state index is -0.293. The normalized spacial score (nSPS) is 25.5. The second-order valence-electron chi connectivity index (χ2n) is 6.81. The van der Waals surface area contributed by atoms with Gasteiger partial charge in [0, 0.05) is 0 Å². The highest BCUT2D eigenvalue weighted by molar-refractivity contribution is 5.92. The molecule has 0 radical (unpaired) electrons. The summed E-state index contributed by atoms with van der Waals surface area (Å²) in [5.41, 5.74) is 7.15. The molecule has 2 aliphatic rings. The molecular formula is C24H22. The number of hydrogen-bond acceptors (Lipinski definition) is 0. The van der Waals surface area contributed by atoms with Crippen molar-refractivity contribution in [3.63, 3.8) is 0 Å². The molecule has 2 aromatic carbocycles. The third-order valence-electron chi connectivity index (χ3n) is 5.55. The number of hydrogen-bond donors (Lipinski definition) is 0. The molecule has 0 aromatic heterocycles. The highest BCUT2D eigenvalue weighted by Crippen LogP contribution is 2.58. The SMILES string of the molecule is C=C1C(=C)C(C2=CC=CCC2C)(c2ccccc2)c2ccccc21. The second-order valence-corrected chi connectivity index (χ2v) is 6.81. The van der Waals surface area contributed by atoms with Gasteiger partial charge in [-0.1, -0.05) is 92.9 Å². The quantitative estimate of drug-likeness (QED) is 0.630. The van der Waals surface area contributed by atoms with E-state index in [1.54, 1.807) is 0 Å². The smallest absolute Gasteiger partial charge is 0.0673 e. The Bertz CT molecular complexity index is 879. The number of benzene rings is 2. The van der Waals surface area contributed by atoms with Crippen LogP contribution in [0.4, 0.5) is 0 Å². The molecule has 4 rings (SSSR count). The molecule has 0 saturated heterocycles. The van der Waals surface area contributed by atoms with Crippen LogP contribution >= 0.6 is 0 Å². The first-order valence-electron chi connectivity index (χ1n) is 8.58. The van der Waals surface area contributed by atoms with Crippen LogP contribution in [0.25, 0.3) is 5.57 Å². The largest absolute Gasteiger partial charge is 0.0936 e. The van der Waals surface area contributed by atoms with Gasteiger partial charge in [-0.25, -0.2) is 0 Å². The minimum absolute atomic E-state index is 0.293. The topological polar surface area (TPSA) is 0 Å². The van der Waals surface area contributed by atoms with Crippen molar-refractivity contribution in [3.8, 4) is 0 Å². The highest BCUT2D eigenvalue weighted by atomic mass is 14.5. The maximum absolute atomic E-state index is 4.53. The Morgan fingerprint density at radius 1 is 0.958 bits per heavy atom.